The number of methoxy groups -OCH3 is 1. The Hall–Kier alpha value is -2.50. The lowest BCUT2D eigenvalue weighted by Gasteiger charge is -2.25. The van der Waals surface area contributed by atoms with E-state index >= 15 is 0 Å². The minimum Gasteiger partial charge on any atom is -0.497 e. The summed E-state index contributed by atoms with van der Waals surface area (Å²) in [4.78, 5) is 21.0. The number of hydrogen-bond donors (Lipinski definition) is 1. The molecule has 6 nitrogen and oxygen atoms in total. The van der Waals surface area contributed by atoms with Crippen LogP contribution in [-0.2, 0) is 24.3 Å². The third-order valence-corrected chi connectivity index (χ3v) is 3.53. The van der Waals surface area contributed by atoms with Crippen LogP contribution >= 0.6 is 0 Å². The van der Waals surface area contributed by atoms with E-state index in [1.54, 1.807) is 18.3 Å². The molecule has 0 fully saturated rings. The minimum absolute atomic E-state index is 0.238. The van der Waals surface area contributed by atoms with Crippen molar-refractivity contribution in [2.45, 2.75) is 19.6 Å². The fourth-order valence-corrected chi connectivity index (χ4v) is 2.37. The number of hydrogen-bond acceptors (Lipinski definition) is 4. The lowest BCUT2D eigenvalue weighted by molar-refractivity contribution is 0.0912. The summed E-state index contributed by atoms with van der Waals surface area (Å²) in [5.74, 6) is 0.753. The van der Waals surface area contributed by atoms with Crippen molar-refractivity contribution in [2.75, 3.05) is 13.7 Å². The monoisotopic (exact) mass is 287 g/mol. The number of aromatic nitrogens is 2. The number of imidazole rings is 1. The fraction of sp³-hybridized carbons (Fsp3) is 0.333. The van der Waals surface area contributed by atoms with Gasteiger partial charge in [0.15, 0.2) is 0 Å². The second-order valence-electron chi connectivity index (χ2n) is 4.91. The third kappa shape index (κ3) is 2.99. The molecule has 3 rings (SSSR count). The summed E-state index contributed by atoms with van der Waals surface area (Å²) < 4.78 is 10.5. The maximum atomic E-state index is 12.1. The molecule has 0 saturated carbocycles. The van der Waals surface area contributed by atoms with E-state index in [1.165, 1.54) is 0 Å². The summed E-state index contributed by atoms with van der Waals surface area (Å²) in [6.45, 7) is 1.39. The highest BCUT2D eigenvalue weighted by atomic mass is 16.6. The van der Waals surface area contributed by atoms with E-state index in [0.29, 0.717) is 13.1 Å². The molecule has 0 radical (unpaired) electrons. The fourth-order valence-electron chi connectivity index (χ4n) is 2.37. The van der Waals surface area contributed by atoms with Gasteiger partial charge in [0.1, 0.15) is 12.4 Å². The molecule has 21 heavy (non-hydrogen) atoms. The average Bonchev–Trinajstić information content (AvgIpc) is 3.00. The highest BCUT2D eigenvalue weighted by molar-refractivity contribution is 5.68. The number of carbonyl (C=O) groups is 1. The lowest BCUT2D eigenvalue weighted by Crippen LogP contribution is -2.36. The van der Waals surface area contributed by atoms with Crippen molar-refractivity contribution < 1.29 is 14.3 Å². The molecule has 6 heteroatoms. The van der Waals surface area contributed by atoms with Crippen molar-refractivity contribution in [1.82, 2.24) is 14.9 Å². The smallest absolute Gasteiger partial charge is 0.410 e. The average molecular weight is 287 g/mol. The van der Waals surface area contributed by atoms with Crippen LogP contribution in [0, 0.1) is 0 Å². The molecule has 1 aliphatic heterocycles. The standard InChI is InChI=1S/C15H17N3O3/c1-20-12-4-2-3-11(7-12)9-21-15(19)18-6-5-13-14(8-18)17-10-16-13/h2-4,7,10H,5-6,8-9H2,1H3,(H,16,17). The van der Waals surface area contributed by atoms with Gasteiger partial charge in [0, 0.05) is 13.0 Å². The van der Waals surface area contributed by atoms with E-state index < -0.39 is 0 Å². The van der Waals surface area contributed by atoms with E-state index in [0.717, 1.165) is 29.1 Å². The van der Waals surface area contributed by atoms with Crippen LogP contribution in [0.15, 0.2) is 30.6 Å². The number of nitrogens with one attached hydrogen (secondary N) is 1. The topological polar surface area (TPSA) is 67.5 Å². The summed E-state index contributed by atoms with van der Waals surface area (Å²) in [6, 6.07) is 7.49. The molecule has 1 aliphatic rings. The van der Waals surface area contributed by atoms with Gasteiger partial charge >= 0.3 is 6.09 Å². The first-order chi connectivity index (χ1) is 10.3. The van der Waals surface area contributed by atoms with E-state index in [1.807, 2.05) is 24.3 Å². The molecule has 2 aromatic rings. The molecule has 2 heterocycles. The molecule has 1 N–H and O–H groups in total. The van der Waals surface area contributed by atoms with Gasteiger partial charge in [-0.25, -0.2) is 9.78 Å². The van der Waals surface area contributed by atoms with Crippen molar-refractivity contribution >= 4 is 6.09 Å². The molecule has 0 aliphatic carbocycles. The zero-order chi connectivity index (χ0) is 14.7. The van der Waals surface area contributed by atoms with Crippen LogP contribution in [0.5, 0.6) is 5.75 Å². The molecular weight excluding hydrogens is 270 g/mol. The summed E-state index contributed by atoms with van der Waals surface area (Å²) in [7, 11) is 1.61. The van der Waals surface area contributed by atoms with Gasteiger partial charge in [-0.2, -0.15) is 0 Å². The molecule has 0 unspecified atom stereocenters. The van der Waals surface area contributed by atoms with Crippen LogP contribution in [0.3, 0.4) is 0 Å². The van der Waals surface area contributed by atoms with E-state index in [-0.39, 0.29) is 12.7 Å². The van der Waals surface area contributed by atoms with Gasteiger partial charge in [-0.3, -0.25) is 0 Å². The largest absolute Gasteiger partial charge is 0.497 e. The normalized spacial score (nSPS) is 13.7. The Balaban J connectivity index is 1.57. The van der Waals surface area contributed by atoms with Gasteiger partial charge in [0.05, 0.1) is 31.4 Å². The van der Waals surface area contributed by atoms with Crippen LogP contribution in [0.4, 0.5) is 4.79 Å². The number of aromatic amines is 1. The molecule has 110 valence electrons. The van der Waals surface area contributed by atoms with Gasteiger partial charge in [-0.05, 0) is 17.7 Å². The molecule has 0 saturated heterocycles. The minimum atomic E-state index is -0.307. The zero-order valence-electron chi connectivity index (χ0n) is 11.8. The number of rotatable bonds is 3. The van der Waals surface area contributed by atoms with Crippen molar-refractivity contribution in [3.05, 3.63) is 47.5 Å². The van der Waals surface area contributed by atoms with Crippen molar-refractivity contribution in [1.29, 1.82) is 0 Å². The van der Waals surface area contributed by atoms with Crippen LogP contribution in [0.2, 0.25) is 0 Å². The van der Waals surface area contributed by atoms with Crippen molar-refractivity contribution in [3.8, 4) is 5.75 Å². The Bertz CT molecular complexity index is 639. The lowest BCUT2D eigenvalue weighted by atomic mass is 10.1. The van der Waals surface area contributed by atoms with Gasteiger partial charge in [0.2, 0.25) is 0 Å². The van der Waals surface area contributed by atoms with Crippen LogP contribution in [0.25, 0.3) is 0 Å². The number of fused-ring (bicyclic) bond motifs is 1. The first-order valence-electron chi connectivity index (χ1n) is 6.82. The Morgan fingerprint density at radius 1 is 1.48 bits per heavy atom. The Morgan fingerprint density at radius 3 is 3.24 bits per heavy atom. The van der Waals surface area contributed by atoms with E-state index in [9.17, 15) is 4.79 Å². The first kappa shape index (κ1) is 13.5. The second kappa shape index (κ2) is 5.87. The van der Waals surface area contributed by atoms with Crippen LogP contribution in [0.1, 0.15) is 17.0 Å². The SMILES string of the molecule is COc1cccc(COC(=O)N2CCc3nc[nH]c3C2)c1. The number of benzene rings is 1. The molecule has 0 atom stereocenters. The quantitative estimate of drug-likeness (QED) is 0.939. The highest BCUT2D eigenvalue weighted by Gasteiger charge is 2.23. The first-order valence-corrected chi connectivity index (χ1v) is 6.82. The number of amides is 1. The molecule has 1 amide bonds. The maximum Gasteiger partial charge on any atom is 0.410 e. The molecule has 0 spiro atoms. The summed E-state index contributed by atoms with van der Waals surface area (Å²) in [5.41, 5.74) is 2.92. The van der Waals surface area contributed by atoms with Crippen molar-refractivity contribution in [2.24, 2.45) is 0 Å². The number of H-pyrrole nitrogens is 1. The third-order valence-electron chi connectivity index (χ3n) is 3.53. The Kier molecular flexibility index (Phi) is 3.77. The van der Waals surface area contributed by atoms with Crippen molar-refractivity contribution in [3.63, 3.8) is 0 Å². The summed E-state index contributed by atoms with van der Waals surface area (Å²) in [6.07, 6.45) is 2.11. The molecule has 1 aromatic carbocycles. The molecule has 1 aromatic heterocycles. The van der Waals surface area contributed by atoms with Gasteiger partial charge in [-0.1, -0.05) is 12.1 Å². The predicted molar refractivity (Wildman–Crippen MR) is 75.9 cm³/mol. The van der Waals surface area contributed by atoms with Gasteiger partial charge in [-0.15, -0.1) is 0 Å². The molecular formula is C15H17N3O3. The van der Waals surface area contributed by atoms with Gasteiger partial charge in [0.25, 0.3) is 0 Å². The van der Waals surface area contributed by atoms with E-state index in [4.69, 9.17) is 9.47 Å². The Labute approximate surface area is 122 Å². The van der Waals surface area contributed by atoms with Crippen LogP contribution in [-0.4, -0.2) is 34.6 Å². The number of ether oxygens (including phenoxy) is 2. The highest BCUT2D eigenvalue weighted by Crippen LogP contribution is 2.17. The van der Waals surface area contributed by atoms with Gasteiger partial charge < -0.3 is 19.4 Å². The van der Waals surface area contributed by atoms with E-state index in [2.05, 4.69) is 9.97 Å². The number of nitrogens with zero attached hydrogens (tertiary/aromatic N) is 2. The Morgan fingerprint density at radius 2 is 2.38 bits per heavy atom. The van der Waals surface area contributed by atoms with Crippen LogP contribution < -0.4 is 4.74 Å². The second-order valence-corrected chi connectivity index (χ2v) is 4.91. The maximum absolute atomic E-state index is 12.1. The zero-order valence-corrected chi connectivity index (χ0v) is 11.8. The molecule has 0 bridgehead atoms. The summed E-state index contributed by atoms with van der Waals surface area (Å²) in [5, 5.41) is 0. The predicted octanol–water partition coefficient (Wildman–Crippen LogP) is 2.11. The number of carbonyl (C=O) groups excluding carboxylic acids is 1. The summed E-state index contributed by atoms with van der Waals surface area (Å²) >= 11 is 0.